The van der Waals surface area contributed by atoms with Gasteiger partial charge in [0, 0.05) is 4.88 Å². The zero-order valence-corrected chi connectivity index (χ0v) is 8.65. The van der Waals surface area contributed by atoms with Crippen molar-refractivity contribution < 1.29 is 15.0 Å². The molecular formula is C7H7BrO3S. The molecule has 1 aromatic heterocycles. The first kappa shape index (κ1) is 9.70. The quantitative estimate of drug-likeness (QED) is 0.842. The summed E-state index contributed by atoms with van der Waals surface area (Å²) in [5, 5.41) is 18.1. The van der Waals surface area contributed by atoms with E-state index >= 15 is 0 Å². The lowest BCUT2D eigenvalue weighted by Gasteiger charge is -2.14. The molecule has 0 bridgehead atoms. The van der Waals surface area contributed by atoms with E-state index in [-0.39, 0.29) is 0 Å². The normalized spacial score (nSPS) is 15.6. The minimum atomic E-state index is -1.78. The first-order chi connectivity index (χ1) is 5.44. The Morgan fingerprint density at radius 1 is 1.67 bits per heavy atom. The molecule has 0 aliphatic carbocycles. The van der Waals surface area contributed by atoms with Crippen molar-refractivity contribution >= 4 is 33.2 Å². The predicted molar refractivity (Wildman–Crippen MR) is 49.2 cm³/mol. The van der Waals surface area contributed by atoms with E-state index < -0.39 is 11.6 Å². The molecule has 0 saturated carbocycles. The zero-order chi connectivity index (χ0) is 9.35. The summed E-state index contributed by atoms with van der Waals surface area (Å²) in [6, 6.07) is 3.29. The van der Waals surface area contributed by atoms with Gasteiger partial charge in [0.15, 0.2) is 5.60 Å². The Bertz CT molecular complexity index is 305. The minimum Gasteiger partial charge on any atom is -0.479 e. The van der Waals surface area contributed by atoms with Gasteiger partial charge in [-0.25, -0.2) is 4.79 Å². The topological polar surface area (TPSA) is 57.5 Å². The van der Waals surface area contributed by atoms with Crippen molar-refractivity contribution in [2.24, 2.45) is 0 Å². The molecule has 1 atom stereocenters. The highest BCUT2D eigenvalue weighted by Crippen LogP contribution is 2.31. The van der Waals surface area contributed by atoms with Gasteiger partial charge < -0.3 is 10.2 Å². The summed E-state index contributed by atoms with van der Waals surface area (Å²) >= 11 is 4.40. The van der Waals surface area contributed by atoms with Crippen molar-refractivity contribution in [3.05, 3.63) is 20.8 Å². The fourth-order valence-corrected chi connectivity index (χ4v) is 2.10. The van der Waals surface area contributed by atoms with Gasteiger partial charge >= 0.3 is 5.97 Å². The third kappa shape index (κ3) is 1.68. The minimum absolute atomic E-state index is 0.418. The van der Waals surface area contributed by atoms with E-state index in [2.05, 4.69) is 15.9 Å². The van der Waals surface area contributed by atoms with Crippen molar-refractivity contribution in [1.29, 1.82) is 0 Å². The molecule has 0 aromatic carbocycles. The molecule has 0 fully saturated rings. The number of carboxylic acids is 1. The van der Waals surface area contributed by atoms with Crippen LogP contribution in [-0.2, 0) is 10.4 Å². The largest absolute Gasteiger partial charge is 0.479 e. The van der Waals surface area contributed by atoms with Gasteiger partial charge in [-0.05, 0) is 35.0 Å². The van der Waals surface area contributed by atoms with Crippen molar-refractivity contribution in [3.63, 3.8) is 0 Å². The van der Waals surface area contributed by atoms with Crippen LogP contribution in [0.3, 0.4) is 0 Å². The third-order valence-corrected chi connectivity index (χ3v) is 3.30. The molecule has 12 heavy (non-hydrogen) atoms. The van der Waals surface area contributed by atoms with Crippen LogP contribution in [-0.4, -0.2) is 16.2 Å². The average molecular weight is 251 g/mol. The summed E-state index contributed by atoms with van der Waals surface area (Å²) in [5.41, 5.74) is -1.78. The maximum Gasteiger partial charge on any atom is 0.340 e. The van der Waals surface area contributed by atoms with E-state index in [1.165, 1.54) is 18.3 Å². The van der Waals surface area contributed by atoms with Crippen LogP contribution in [0.15, 0.2) is 15.9 Å². The molecule has 1 aromatic rings. The Morgan fingerprint density at radius 3 is 2.58 bits per heavy atom. The van der Waals surface area contributed by atoms with Gasteiger partial charge in [-0.3, -0.25) is 0 Å². The first-order valence-electron chi connectivity index (χ1n) is 3.16. The second-order valence-electron chi connectivity index (χ2n) is 2.48. The predicted octanol–water partition coefficient (Wildman–Crippen LogP) is 1.80. The van der Waals surface area contributed by atoms with Gasteiger partial charge in [-0.2, -0.15) is 0 Å². The number of halogens is 1. The van der Waals surface area contributed by atoms with E-state index in [4.69, 9.17) is 5.11 Å². The monoisotopic (exact) mass is 250 g/mol. The molecule has 1 heterocycles. The van der Waals surface area contributed by atoms with Gasteiger partial charge in [-0.1, -0.05) is 0 Å². The molecule has 2 N–H and O–H groups in total. The van der Waals surface area contributed by atoms with Gasteiger partial charge in [0.05, 0.1) is 3.79 Å². The number of carbonyl (C=O) groups is 1. The Balaban J connectivity index is 3.05. The molecule has 5 heteroatoms. The smallest absolute Gasteiger partial charge is 0.340 e. The maximum absolute atomic E-state index is 10.6. The van der Waals surface area contributed by atoms with Crippen molar-refractivity contribution in [2.75, 3.05) is 0 Å². The lowest BCUT2D eigenvalue weighted by atomic mass is 10.1. The van der Waals surface area contributed by atoms with Gasteiger partial charge in [-0.15, -0.1) is 11.3 Å². The number of hydrogen-bond acceptors (Lipinski definition) is 3. The van der Waals surface area contributed by atoms with E-state index in [0.29, 0.717) is 4.88 Å². The Hall–Kier alpha value is -0.390. The molecule has 0 spiro atoms. The Kier molecular flexibility index (Phi) is 2.55. The molecule has 0 aliphatic heterocycles. The van der Waals surface area contributed by atoms with Crippen LogP contribution in [0.25, 0.3) is 0 Å². The second-order valence-corrected chi connectivity index (χ2v) is 4.94. The number of carboxylic acid groups (broad SMARTS) is 1. The number of hydrogen-bond donors (Lipinski definition) is 2. The average Bonchev–Trinajstić information content (AvgIpc) is 2.35. The van der Waals surface area contributed by atoms with Crippen LogP contribution >= 0.6 is 27.3 Å². The Morgan fingerprint density at radius 2 is 2.25 bits per heavy atom. The Labute approximate surface area is 81.8 Å². The molecule has 1 rings (SSSR count). The third-order valence-electron chi connectivity index (χ3n) is 1.47. The van der Waals surface area contributed by atoms with Crippen LogP contribution in [0.1, 0.15) is 11.8 Å². The van der Waals surface area contributed by atoms with Crippen molar-refractivity contribution in [3.8, 4) is 0 Å². The lowest BCUT2D eigenvalue weighted by Crippen LogP contribution is -2.30. The second kappa shape index (κ2) is 3.16. The van der Waals surface area contributed by atoms with Crippen LogP contribution in [0, 0.1) is 0 Å². The first-order valence-corrected chi connectivity index (χ1v) is 4.77. The van der Waals surface area contributed by atoms with Crippen LogP contribution in [0.4, 0.5) is 0 Å². The number of thiophene rings is 1. The highest BCUT2D eigenvalue weighted by atomic mass is 79.9. The van der Waals surface area contributed by atoms with Crippen molar-refractivity contribution in [1.82, 2.24) is 0 Å². The van der Waals surface area contributed by atoms with E-state index in [1.807, 2.05) is 0 Å². The zero-order valence-electron chi connectivity index (χ0n) is 6.24. The molecule has 1 unspecified atom stereocenters. The van der Waals surface area contributed by atoms with Crippen molar-refractivity contribution in [2.45, 2.75) is 12.5 Å². The summed E-state index contributed by atoms with van der Waals surface area (Å²) in [6.45, 7) is 1.26. The van der Waals surface area contributed by atoms with Gasteiger partial charge in [0.25, 0.3) is 0 Å². The lowest BCUT2D eigenvalue weighted by molar-refractivity contribution is -0.157. The summed E-state index contributed by atoms with van der Waals surface area (Å²) in [6.07, 6.45) is 0. The molecule has 0 radical (unpaired) electrons. The van der Waals surface area contributed by atoms with E-state index in [0.717, 1.165) is 3.79 Å². The molecular weight excluding hydrogens is 244 g/mol. The standard InChI is InChI=1S/C7H7BrO3S/c1-7(11,6(9)10)4-2-3-5(8)12-4/h2-3,11H,1H3,(H,9,10). The fraction of sp³-hybridized carbons (Fsp3) is 0.286. The summed E-state index contributed by atoms with van der Waals surface area (Å²) in [4.78, 5) is 11.0. The number of aliphatic carboxylic acids is 1. The van der Waals surface area contributed by atoms with E-state index in [9.17, 15) is 9.90 Å². The highest BCUT2D eigenvalue weighted by Gasteiger charge is 2.33. The summed E-state index contributed by atoms with van der Waals surface area (Å²) in [7, 11) is 0. The van der Waals surface area contributed by atoms with Gasteiger partial charge in [0.2, 0.25) is 0 Å². The highest BCUT2D eigenvalue weighted by molar-refractivity contribution is 9.11. The SMILES string of the molecule is CC(O)(C(=O)O)c1ccc(Br)s1. The fourth-order valence-electron chi connectivity index (χ4n) is 0.681. The molecule has 0 aliphatic rings. The molecule has 66 valence electrons. The summed E-state index contributed by atoms with van der Waals surface area (Å²) < 4.78 is 0.805. The maximum atomic E-state index is 10.6. The van der Waals surface area contributed by atoms with Crippen LogP contribution in [0.5, 0.6) is 0 Å². The van der Waals surface area contributed by atoms with Gasteiger partial charge in [0.1, 0.15) is 0 Å². The molecule has 3 nitrogen and oxygen atoms in total. The van der Waals surface area contributed by atoms with Crippen LogP contribution < -0.4 is 0 Å². The number of aliphatic hydroxyl groups is 1. The van der Waals surface area contributed by atoms with E-state index in [1.54, 1.807) is 12.1 Å². The molecule has 0 amide bonds. The number of rotatable bonds is 2. The summed E-state index contributed by atoms with van der Waals surface area (Å²) in [5.74, 6) is -1.24. The van der Waals surface area contributed by atoms with Crippen LogP contribution in [0.2, 0.25) is 0 Å². The molecule has 0 saturated heterocycles.